The Morgan fingerprint density at radius 3 is 2.50 bits per heavy atom. The van der Waals surface area contributed by atoms with Crippen LogP contribution in [-0.2, 0) is 0 Å². The van der Waals surface area contributed by atoms with Crippen molar-refractivity contribution in [2.45, 2.75) is 44.8 Å². The van der Waals surface area contributed by atoms with Crippen LogP contribution >= 0.6 is 0 Å². The number of aliphatic hydroxyl groups excluding tert-OH is 1. The van der Waals surface area contributed by atoms with Gasteiger partial charge in [0, 0.05) is 31.4 Å². The summed E-state index contributed by atoms with van der Waals surface area (Å²) in [7, 11) is 0. The molecule has 0 aliphatic carbocycles. The average molecular weight is 351 g/mol. The van der Waals surface area contributed by atoms with Crippen LogP contribution in [0.4, 0.5) is 5.69 Å². The number of hydrogen-bond donors (Lipinski definition) is 1. The third kappa shape index (κ3) is 3.79. The zero-order valence-corrected chi connectivity index (χ0v) is 15.8. The molecule has 0 spiro atoms. The fourth-order valence-corrected chi connectivity index (χ4v) is 4.57. The first-order chi connectivity index (χ1) is 12.7. The van der Waals surface area contributed by atoms with Crippen LogP contribution in [0.25, 0.3) is 11.1 Å². The summed E-state index contributed by atoms with van der Waals surface area (Å²) in [6, 6.07) is 18.2. The molecule has 3 nitrogen and oxygen atoms in total. The third-order valence-corrected chi connectivity index (χ3v) is 6.08. The normalized spacial score (nSPS) is 22.5. The molecule has 2 aromatic carbocycles. The Labute approximate surface area is 157 Å². The Bertz CT molecular complexity index is 736. The monoisotopic (exact) mass is 350 g/mol. The standard InChI is InChI=1S/C23H30N2O/c1-18-6-2-3-10-23(18)19-7-4-8-21(16-19)24-14-11-20(12-15-24)25-13-5-9-22(26)17-25/h2-4,6-8,10,16,20,22,26H,5,9,11-15,17H2,1H3/t22-/m1/s1. The van der Waals surface area contributed by atoms with Crippen LogP contribution in [0.1, 0.15) is 31.2 Å². The van der Waals surface area contributed by atoms with Crippen LogP contribution in [-0.4, -0.2) is 48.3 Å². The second-order valence-electron chi connectivity index (χ2n) is 7.87. The molecule has 4 rings (SSSR count). The van der Waals surface area contributed by atoms with Gasteiger partial charge in [-0.25, -0.2) is 0 Å². The molecule has 0 unspecified atom stereocenters. The Morgan fingerprint density at radius 1 is 0.923 bits per heavy atom. The molecule has 2 aliphatic heterocycles. The second kappa shape index (κ2) is 7.81. The fourth-order valence-electron chi connectivity index (χ4n) is 4.57. The number of aliphatic hydroxyl groups is 1. The molecule has 0 bridgehead atoms. The largest absolute Gasteiger partial charge is 0.392 e. The van der Waals surface area contributed by atoms with Crippen molar-refractivity contribution >= 4 is 5.69 Å². The molecule has 2 aromatic rings. The summed E-state index contributed by atoms with van der Waals surface area (Å²) in [6.07, 6.45) is 4.39. The highest BCUT2D eigenvalue weighted by molar-refractivity contribution is 5.71. The molecule has 0 radical (unpaired) electrons. The van der Waals surface area contributed by atoms with Crippen LogP contribution < -0.4 is 4.90 Å². The first-order valence-corrected chi connectivity index (χ1v) is 10.0. The second-order valence-corrected chi connectivity index (χ2v) is 7.87. The smallest absolute Gasteiger partial charge is 0.0667 e. The van der Waals surface area contributed by atoms with E-state index in [0.717, 1.165) is 39.0 Å². The van der Waals surface area contributed by atoms with Gasteiger partial charge in [0.1, 0.15) is 0 Å². The molecule has 0 aromatic heterocycles. The molecule has 1 atom stereocenters. The zero-order chi connectivity index (χ0) is 17.9. The Kier molecular flexibility index (Phi) is 5.28. The summed E-state index contributed by atoms with van der Waals surface area (Å²) in [6.45, 7) is 6.42. The van der Waals surface area contributed by atoms with E-state index in [1.807, 2.05) is 0 Å². The van der Waals surface area contributed by atoms with Gasteiger partial charge in [0.25, 0.3) is 0 Å². The van der Waals surface area contributed by atoms with E-state index >= 15 is 0 Å². The van der Waals surface area contributed by atoms with E-state index < -0.39 is 0 Å². The van der Waals surface area contributed by atoms with Gasteiger partial charge in [0.2, 0.25) is 0 Å². The summed E-state index contributed by atoms with van der Waals surface area (Å²) < 4.78 is 0. The summed E-state index contributed by atoms with van der Waals surface area (Å²) in [5.41, 5.74) is 5.29. The Balaban J connectivity index is 1.43. The lowest BCUT2D eigenvalue weighted by Gasteiger charge is -2.42. The average Bonchev–Trinajstić information content (AvgIpc) is 2.69. The summed E-state index contributed by atoms with van der Waals surface area (Å²) >= 11 is 0. The number of rotatable bonds is 3. The maximum Gasteiger partial charge on any atom is 0.0667 e. The molecule has 2 fully saturated rings. The minimum Gasteiger partial charge on any atom is -0.392 e. The van der Waals surface area contributed by atoms with Crippen molar-refractivity contribution in [3.05, 3.63) is 54.1 Å². The van der Waals surface area contributed by atoms with Crippen LogP contribution in [0.5, 0.6) is 0 Å². The van der Waals surface area contributed by atoms with Gasteiger partial charge in [-0.2, -0.15) is 0 Å². The highest BCUT2D eigenvalue weighted by atomic mass is 16.3. The van der Waals surface area contributed by atoms with Crippen LogP contribution in [0.15, 0.2) is 48.5 Å². The van der Waals surface area contributed by atoms with E-state index in [0.29, 0.717) is 6.04 Å². The van der Waals surface area contributed by atoms with Gasteiger partial charge in [-0.3, -0.25) is 4.90 Å². The molecule has 2 saturated heterocycles. The molecule has 1 N–H and O–H groups in total. The number of anilines is 1. The van der Waals surface area contributed by atoms with Gasteiger partial charge in [0.15, 0.2) is 0 Å². The fraction of sp³-hybridized carbons (Fsp3) is 0.478. The van der Waals surface area contributed by atoms with Crippen LogP contribution in [0.2, 0.25) is 0 Å². The molecule has 3 heteroatoms. The van der Waals surface area contributed by atoms with Gasteiger partial charge >= 0.3 is 0 Å². The van der Waals surface area contributed by atoms with Gasteiger partial charge in [-0.1, -0.05) is 36.4 Å². The number of β-amino-alcohol motifs (C(OH)–C–C–N with tert-alkyl or cyclic N) is 1. The van der Waals surface area contributed by atoms with Crippen molar-refractivity contribution in [2.24, 2.45) is 0 Å². The maximum absolute atomic E-state index is 9.95. The van der Waals surface area contributed by atoms with Crippen molar-refractivity contribution < 1.29 is 5.11 Å². The number of hydrogen-bond acceptors (Lipinski definition) is 3. The minimum atomic E-state index is -0.118. The first-order valence-electron chi connectivity index (χ1n) is 10.0. The van der Waals surface area contributed by atoms with E-state index in [1.165, 1.54) is 35.2 Å². The van der Waals surface area contributed by atoms with Gasteiger partial charge in [-0.05, 0) is 68.0 Å². The lowest BCUT2D eigenvalue weighted by atomic mass is 9.97. The predicted molar refractivity (Wildman–Crippen MR) is 109 cm³/mol. The molecular formula is C23H30N2O. The number of piperidine rings is 2. The highest BCUT2D eigenvalue weighted by Crippen LogP contribution is 2.29. The Hall–Kier alpha value is -1.84. The SMILES string of the molecule is Cc1ccccc1-c1cccc(N2CCC(N3CCC[C@@H](O)C3)CC2)c1. The van der Waals surface area contributed by atoms with E-state index in [2.05, 4.69) is 65.3 Å². The van der Waals surface area contributed by atoms with Crippen molar-refractivity contribution in [1.29, 1.82) is 0 Å². The van der Waals surface area contributed by atoms with E-state index in [-0.39, 0.29) is 6.10 Å². The van der Waals surface area contributed by atoms with E-state index in [4.69, 9.17) is 0 Å². The summed E-state index contributed by atoms with van der Waals surface area (Å²) in [5, 5.41) is 9.95. The number of benzene rings is 2. The molecule has 138 valence electrons. The van der Waals surface area contributed by atoms with Crippen molar-refractivity contribution in [3.8, 4) is 11.1 Å². The third-order valence-electron chi connectivity index (χ3n) is 6.08. The Morgan fingerprint density at radius 2 is 1.73 bits per heavy atom. The number of nitrogens with zero attached hydrogens (tertiary/aromatic N) is 2. The summed E-state index contributed by atoms with van der Waals surface area (Å²) in [5.74, 6) is 0. The first kappa shape index (κ1) is 17.6. The molecular weight excluding hydrogens is 320 g/mol. The van der Waals surface area contributed by atoms with Crippen molar-refractivity contribution in [3.63, 3.8) is 0 Å². The van der Waals surface area contributed by atoms with Crippen LogP contribution in [0, 0.1) is 6.92 Å². The molecule has 2 aliphatic rings. The molecule has 0 saturated carbocycles. The van der Waals surface area contributed by atoms with Gasteiger partial charge in [0.05, 0.1) is 6.10 Å². The lowest BCUT2D eigenvalue weighted by molar-refractivity contribution is 0.0398. The lowest BCUT2D eigenvalue weighted by Crippen LogP contribution is -2.49. The minimum absolute atomic E-state index is 0.118. The summed E-state index contributed by atoms with van der Waals surface area (Å²) in [4.78, 5) is 5.05. The van der Waals surface area contributed by atoms with Gasteiger partial charge in [-0.15, -0.1) is 0 Å². The van der Waals surface area contributed by atoms with Crippen LogP contribution in [0.3, 0.4) is 0 Å². The van der Waals surface area contributed by atoms with Crippen molar-refractivity contribution in [1.82, 2.24) is 4.90 Å². The number of likely N-dealkylation sites (tertiary alicyclic amines) is 1. The van der Waals surface area contributed by atoms with Gasteiger partial charge < -0.3 is 10.0 Å². The maximum atomic E-state index is 9.95. The topological polar surface area (TPSA) is 26.7 Å². The van der Waals surface area contributed by atoms with Crippen molar-refractivity contribution in [2.75, 3.05) is 31.1 Å². The van der Waals surface area contributed by atoms with E-state index in [9.17, 15) is 5.11 Å². The predicted octanol–water partition coefficient (Wildman–Crippen LogP) is 4.09. The highest BCUT2D eigenvalue weighted by Gasteiger charge is 2.28. The molecule has 2 heterocycles. The quantitative estimate of drug-likeness (QED) is 0.903. The number of aryl methyl sites for hydroxylation is 1. The zero-order valence-electron chi connectivity index (χ0n) is 15.8. The van der Waals surface area contributed by atoms with E-state index in [1.54, 1.807) is 0 Å². The molecule has 26 heavy (non-hydrogen) atoms. The molecule has 0 amide bonds.